The first kappa shape index (κ1) is 11.9. The summed E-state index contributed by atoms with van der Waals surface area (Å²) in [6.07, 6.45) is 0. The fraction of sp³-hybridized carbons (Fsp3) is 0.455. The Labute approximate surface area is 97.7 Å². The van der Waals surface area contributed by atoms with Crippen LogP contribution in [-0.4, -0.2) is 23.6 Å². The van der Waals surface area contributed by atoms with Crippen LogP contribution in [0.15, 0.2) is 18.2 Å². The number of hydrogen-bond donors (Lipinski definition) is 1. The molecule has 1 aromatic rings. The fourth-order valence-corrected chi connectivity index (χ4v) is 1.62. The summed E-state index contributed by atoms with van der Waals surface area (Å²) < 4.78 is 18.9. The lowest BCUT2D eigenvalue weighted by Gasteiger charge is -2.39. The van der Waals surface area contributed by atoms with E-state index in [0.717, 1.165) is 25.2 Å². The number of benzene rings is 1. The van der Waals surface area contributed by atoms with Gasteiger partial charge >= 0.3 is 5.69 Å². The highest BCUT2D eigenvalue weighted by atomic mass is 19.1. The van der Waals surface area contributed by atoms with Crippen molar-refractivity contribution in [3.05, 3.63) is 39.7 Å². The number of nitrogens with zero attached hydrogens (tertiary/aromatic N) is 1. The van der Waals surface area contributed by atoms with Gasteiger partial charge in [-0.3, -0.25) is 10.1 Å². The van der Waals surface area contributed by atoms with Gasteiger partial charge < -0.3 is 10.1 Å². The highest BCUT2D eigenvalue weighted by Gasteiger charge is 2.32. The van der Waals surface area contributed by atoms with E-state index in [2.05, 4.69) is 5.32 Å². The van der Waals surface area contributed by atoms with Crippen molar-refractivity contribution in [3.63, 3.8) is 0 Å². The number of halogens is 1. The lowest BCUT2D eigenvalue weighted by Crippen LogP contribution is -2.58. The molecule has 1 aliphatic rings. The molecule has 1 saturated heterocycles. The van der Waals surface area contributed by atoms with Crippen molar-refractivity contribution >= 4 is 5.69 Å². The van der Waals surface area contributed by atoms with Crippen molar-refractivity contribution in [2.24, 2.45) is 0 Å². The maximum atomic E-state index is 13.3. The SMILES string of the molecule is CC1(OCc2ccc([N+](=O)[O-])c(F)c2)CNC1. The van der Waals surface area contributed by atoms with Gasteiger partial charge in [0.25, 0.3) is 0 Å². The van der Waals surface area contributed by atoms with Crippen LogP contribution in [0.4, 0.5) is 10.1 Å². The molecule has 2 rings (SSSR count). The van der Waals surface area contributed by atoms with Crippen molar-refractivity contribution in [1.82, 2.24) is 5.32 Å². The highest BCUT2D eigenvalue weighted by Crippen LogP contribution is 2.21. The molecule has 1 fully saturated rings. The number of nitro groups is 1. The van der Waals surface area contributed by atoms with E-state index in [1.807, 2.05) is 6.92 Å². The second kappa shape index (κ2) is 4.38. The molecule has 0 amide bonds. The van der Waals surface area contributed by atoms with Gasteiger partial charge in [0.2, 0.25) is 5.82 Å². The van der Waals surface area contributed by atoms with E-state index in [1.165, 1.54) is 6.07 Å². The minimum atomic E-state index is -0.826. The third-order valence-electron chi connectivity index (χ3n) is 2.79. The van der Waals surface area contributed by atoms with E-state index in [9.17, 15) is 14.5 Å². The number of nitro benzene ring substituents is 1. The molecule has 0 radical (unpaired) electrons. The normalized spacial score (nSPS) is 17.5. The van der Waals surface area contributed by atoms with Crippen LogP contribution in [0.3, 0.4) is 0 Å². The zero-order chi connectivity index (χ0) is 12.5. The summed E-state index contributed by atoms with van der Waals surface area (Å²) in [4.78, 5) is 9.69. The van der Waals surface area contributed by atoms with Gasteiger partial charge in [0.15, 0.2) is 0 Å². The number of hydrogen-bond acceptors (Lipinski definition) is 4. The van der Waals surface area contributed by atoms with Gasteiger partial charge in [-0.2, -0.15) is 4.39 Å². The Morgan fingerprint density at radius 2 is 2.29 bits per heavy atom. The van der Waals surface area contributed by atoms with E-state index in [0.29, 0.717) is 5.56 Å². The van der Waals surface area contributed by atoms with Gasteiger partial charge in [0.1, 0.15) is 0 Å². The molecule has 0 unspecified atom stereocenters. The van der Waals surface area contributed by atoms with Crippen molar-refractivity contribution in [3.8, 4) is 0 Å². The van der Waals surface area contributed by atoms with Crippen molar-refractivity contribution in [2.45, 2.75) is 19.1 Å². The quantitative estimate of drug-likeness (QED) is 0.641. The molecule has 1 heterocycles. The van der Waals surface area contributed by atoms with E-state index in [1.54, 1.807) is 0 Å². The first-order chi connectivity index (χ1) is 8.00. The topological polar surface area (TPSA) is 64.4 Å². The van der Waals surface area contributed by atoms with Crippen LogP contribution in [0, 0.1) is 15.9 Å². The Hall–Kier alpha value is -1.53. The lowest BCUT2D eigenvalue weighted by molar-refractivity contribution is -0.387. The number of rotatable bonds is 4. The highest BCUT2D eigenvalue weighted by molar-refractivity contribution is 5.34. The van der Waals surface area contributed by atoms with Crippen LogP contribution in [0.5, 0.6) is 0 Å². The van der Waals surface area contributed by atoms with Gasteiger partial charge in [0.05, 0.1) is 17.1 Å². The summed E-state index contributed by atoms with van der Waals surface area (Å²) in [6.45, 7) is 3.75. The molecule has 0 aromatic heterocycles. The first-order valence-corrected chi connectivity index (χ1v) is 5.28. The molecule has 1 aromatic carbocycles. The van der Waals surface area contributed by atoms with E-state index in [-0.39, 0.29) is 12.2 Å². The minimum absolute atomic E-state index is 0.210. The summed E-state index contributed by atoms with van der Waals surface area (Å²) >= 11 is 0. The molecular weight excluding hydrogens is 227 g/mol. The molecule has 0 saturated carbocycles. The maximum absolute atomic E-state index is 13.3. The molecule has 6 heteroatoms. The average Bonchev–Trinajstić information content (AvgIpc) is 2.23. The molecule has 1 N–H and O–H groups in total. The second-order valence-electron chi connectivity index (χ2n) is 4.39. The van der Waals surface area contributed by atoms with Crippen LogP contribution >= 0.6 is 0 Å². The van der Waals surface area contributed by atoms with Gasteiger partial charge in [-0.05, 0) is 24.6 Å². The zero-order valence-electron chi connectivity index (χ0n) is 9.40. The third kappa shape index (κ3) is 2.59. The Balaban J connectivity index is 2.02. The molecule has 5 nitrogen and oxygen atoms in total. The Bertz CT molecular complexity index is 446. The number of ether oxygens (including phenoxy) is 1. The smallest absolute Gasteiger partial charge is 0.304 e. The molecule has 0 spiro atoms. The van der Waals surface area contributed by atoms with Crippen LogP contribution in [-0.2, 0) is 11.3 Å². The first-order valence-electron chi connectivity index (χ1n) is 5.28. The summed E-state index contributed by atoms with van der Waals surface area (Å²) in [5.74, 6) is -0.826. The largest absolute Gasteiger partial charge is 0.368 e. The predicted molar refractivity (Wildman–Crippen MR) is 59.1 cm³/mol. The summed E-state index contributed by atoms with van der Waals surface area (Å²) in [6, 6.07) is 3.82. The molecule has 0 atom stereocenters. The number of nitrogens with one attached hydrogen (secondary N) is 1. The molecule has 0 aliphatic carbocycles. The molecular formula is C11H13FN2O3. The average molecular weight is 240 g/mol. The van der Waals surface area contributed by atoms with Crippen LogP contribution in [0.2, 0.25) is 0 Å². The third-order valence-corrected chi connectivity index (χ3v) is 2.79. The Morgan fingerprint density at radius 3 is 2.76 bits per heavy atom. The Kier molecular flexibility index (Phi) is 3.08. The lowest BCUT2D eigenvalue weighted by atomic mass is 10.00. The standard InChI is InChI=1S/C11H13FN2O3/c1-11(6-13-7-11)17-5-8-2-3-10(14(15)16)9(12)4-8/h2-4,13H,5-7H2,1H3. The van der Waals surface area contributed by atoms with Gasteiger partial charge in [0, 0.05) is 19.2 Å². The van der Waals surface area contributed by atoms with Crippen molar-refractivity contribution in [1.29, 1.82) is 0 Å². The van der Waals surface area contributed by atoms with Crippen LogP contribution in [0.25, 0.3) is 0 Å². The van der Waals surface area contributed by atoms with Gasteiger partial charge in [-0.15, -0.1) is 0 Å². The van der Waals surface area contributed by atoms with E-state index < -0.39 is 16.4 Å². The van der Waals surface area contributed by atoms with Crippen LogP contribution in [0.1, 0.15) is 12.5 Å². The second-order valence-corrected chi connectivity index (χ2v) is 4.39. The monoisotopic (exact) mass is 240 g/mol. The maximum Gasteiger partial charge on any atom is 0.304 e. The zero-order valence-corrected chi connectivity index (χ0v) is 9.40. The summed E-state index contributed by atoms with van der Waals surface area (Å²) in [5, 5.41) is 13.5. The molecule has 1 aliphatic heterocycles. The van der Waals surface area contributed by atoms with E-state index in [4.69, 9.17) is 4.74 Å². The van der Waals surface area contributed by atoms with Crippen molar-refractivity contribution in [2.75, 3.05) is 13.1 Å². The Morgan fingerprint density at radius 1 is 1.59 bits per heavy atom. The fourth-order valence-electron chi connectivity index (χ4n) is 1.62. The molecule has 92 valence electrons. The molecule has 0 bridgehead atoms. The van der Waals surface area contributed by atoms with Crippen LogP contribution < -0.4 is 5.32 Å². The van der Waals surface area contributed by atoms with Gasteiger partial charge in [-0.25, -0.2) is 0 Å². The molecule has 17 heavy (non-hydrogen) atoms. The van der Waals surface area contributed by atoms with Gasteiger partial charge in [-0.1, -0.05) is 0 Å². The summed E-state index contributed by atoms with van der Waals surface area (Å²) in [7, 11) is 0. The van der Waals surface area contributed by atoms with Crippen molar-refractivity contribution < 1.29 is 14.1 Å². The predicted octanol–water partition coefficient (Wildman–Crippen LogP) is 1.61. The van der Waals surface area contributed by atoms with E-state index >= 15 is 0 Å². The minimum Gasteiger partial charge on any atom is -0.368 e. The summed E-state index contributed by atoms with van der Waals surface area (Å²) in [5.41, 5.74) is -0.121.